The Bertz CT molecular complexity index is 809. The first kappa shape index (κ1) is 14.9. The number of amides is 1. The fourth-order valence-electron chi connectivity index (χ4n) is 3.29. The standard InChI is InChI=1S/C18H18FN3O2/c1-21-16-9-15(14(19)8-17(16)24-7-4-18(21)23)22-6-3-12-2-5-20-10-13(12)11-22/h2,5,8-10H,3-4,6-7,11H2,1H3. The van der Waals surface area contributed by atoms with E-state index in [2.05, 4.69) is 4.98 Å². The normalized spacial score (nSPS) is 17.0. The highest BCUT2D eigenvalue weighted by molar-refractivity contribution is 5.95. The van der Waals surface area contributed by atoms with Crippen LogP contribution in [0.1, 0.15) is 17.5 Å². The van der Waals surface area contributed by atoms with Crippen LogP contribution in [0.3, 0.4) is 0 Å². The summed E-state index contributed by atoms with van der Waals surface area (Å²) in [7, 11) is 1.70. The maximum Gasteiger partial charge on any atom is 0.230 e. The summed E-state index contributed by atoms with van der Waals surface area (Å²) in [6, 6.07) is 5.12. The Labute approximate surface area is 139 Å². The van der Waals surface area contributed by atoms with Crippen molar-refractivity contribution in [3.8, 4) is 5.75 Å². The van der Waals surface area contributed by atoms with Gasteiger partial charge in [-0.15, -0.1) is 0 Å². The van der Waals surface area contributed by atoms with Gasteiger partial charge in [0, 0.05) is 38.6 Å². The number of fused-ring (bicyclic) bond motifs is 2. The summed E-state index contributed by atoms with van der Waals surface area (Å²) in [6.07, 6.45) is 4.77. The van der Waals surface area contributed by atoms with Crippen molar-refractivity contribution in [2.45, 2.75) is 19.4 Å². The Morgan fingerprint density at radius 2 is 2.08 bits per heavy atom. The molecule has 0 N–H and O–H groups in total. The number of ether oxygens (including phenoxy) is 1. The molecule has 5 nitrogen and oxygen atoms in total. The van der Waals surface area contributed by atoms with Gasteiger partial charge in [-0.1, -0.05) is 0 Å². The second-order valence-corrected chi connectivity index (χ2v) is 6.14. The molecule has 24 heavy (non-hydrogen) atoms. The van der Waals surface area contributed by atoms with Crippen LogP contribution < -0.4 is 14.5 Å². The Hall–Kier alpha value is -2.63. The van der Waals surface area contributed by atoms with Gasteiger partial charge in [-0.2, -0.15) is 0 Å². The highest BCUT2D eigenvalue weighted by Gasteiger charge is 2.25. The molecule has 1 aromatic carbocycles. The molecule has 2 aliphatic rings. The quantitative estimate of drug-likeness (QED) is 0.807. The van der Waals surface area contributed by atoms with Crippen molar-refractivity contribution in [2.24, 2.45) is 0 Å². The lowest BCUT2D eigenvalue weighted by molar-refractivity contribution is -0.118. The number of aromatic nitrogens is 1. The SMILES string of the molecule is CN1C(=O)CCOc2cc(F)c(N3CCc4ccncc4C3)cc21. The van der Waals surface area contributed by atoms with E-state index in [0.29, 0.717) is 30.1 Å². The number of anilines is 2. The average molecular weight is 327 g/mol. The third-order valence-electron chi connectivity index (χ3n) is 4.69. The number of carbonyl (C=O) groups excluding carboxylic acids is 1. The topological polar surface area (TPSA) is 45.7 Å². The number of halogens is 1. The zero-order valence-corrected chi connectivity index (χ0v) is 13.5. The molecule has 2 aromatic rings. The van der Waals surface area contributed by atoms with Crippen LogP contribution in [0, 0.1) is 5.82 Å². The zero-order valence-electron chi connectivity index (χ0n) is 13.5. The van der Waals surface area contributed by atoms with Crippen molar-refractivity contribution >= 4 is 17.3 Å². The van der Waals surface area contributed by atoms with E-state index >= 15 is 0 Å². The Balaban J connectivity index is 1.72. The predicted octanol–water partition coefficient (Wildman–Crippen LogP) is 2.53. The molecule has 0 aliphatic carbocycles. The lowest BCUT2D eigenvalue weighted by Crippen LogP contribution is -2.31. The Morgan fingerprint density at radius 1 is 1.21 bits per heavy atom. The molecule has 2 aliphatic heterocycles. The maximum atomic E-state index is 14.7. The number of pyridine rings is 1. The molecule has 0 saturated carbocycles. The molecule has 0 unspecified atom stereocenters. The van der Waals surface area contributed by atoms with Crippen molar-refractivity contribution in [1.82, 2.24) is 4.98 Å². The summed E-state index contributed by atoms with van der Waals surface area (Å²) < 4.78 is 20.2. The van der Waals surface area contributed by atoms with Crippen molar-refractivity contribution < 1.29 is 13.9 Å². The molecular formula is C18H18FN3O2. The molecule has 6 heteroatoms. The predicted molar refractivity (Wildman–Crippen MR) is 88.9 cm³/mol. The van der Waals surface area contributed by atoms with E-state index in [1.54, 1.807) is 24.2 Å². The van der Waals surface area contributed by atoms with Gasteiger partial charge in [0.15, 0.2) is 0 Å². The number of carbonyl (C=O) groups is 1. The molecule has 1 aromatic heterocycles. The maximum absolute atomic E-state index is 14.7. The molecule has 4 rings (SSSR count). The third-order valence-corrected chi connectivity index (χ3v) is 4.69. The van der Waals surface area contributed by atoms with Gasteiger partial charge in [-0.3, -0.25) is 9.78 Å². The van der Waals surface area contributed by atoms with E-state index in [1.165, 1.54) is 11.6 Å². The molecular weight excluding hydrogens is 309 g/mol. The molecule has 0 saturated heterocycles. The second-order valence-electron chi connectivity index (χ2n) is 6.14. The second kappa shape index (κ2) is 5.78. The molecule has 1 amide bonds. The third kappa shape index (κ3) is 2.48. The monoisotopic (exact) mass is 327 g/mol. The molecule has 124 valence electrons. The van der Waals surface area contributed by atoms with Gasteiger partial charge in [0.2, 0.25) is 5.91 Å². The van der Waals surface area contributed by atoms with Crippen LogP contribution in [-0.2, 0) is 17.8 Å². The first-order chi connectivity index (χ1) is 11.6. The van der Waals surface area contributed by atoms with Crippen LogP contribution in [0.5, 0.6) is 5.75 Å². The zero-order chi connectivity index (χ0) is 16.7. The van der Waals surface area contributed by atoms with E-state index < -0.39 is 0 Å². The smallest absolute Gasteiger partial charge is 0.230 e. The Kier molecular flexibility index (Phi) is 3.59. The largest absolute Gasteiger partial charge is 0.491 e. The molecule has 0 spiro atoms. The average Bonchev–Trinajstić information content (AvgIpc) is 2.73. The van der Waals surface area contributed by atoms with Gasteiger partial charge in [-0.05, 0) is 29.7 Å². The highest BCUT2D eigenvalue weighted by Crippen LogP contribution is 2.37. The first-order valence-corrected chi connectivity index (χ1v) is 8.03. The molecule has 3 heterocycles. The minimum atomic E-state index is -0.330. The summed E-state index contributed by atoms with van der Waals surface area (Å²) in [5.41, 5.74) is 3.48. The fourth-order valence-corrected chi connectivity index (χ4v) is 3.29. The number of hydrogen-bond donors (Lipinski definition) is 0. The minimum absolute atomic E-state index is 0.0282. The van der Waals surface area contributed by atoms with Crippen LogP contribution in [0.4, 0.5) is 15.8 Å². The van der Waals surface area contributed by atoms with Crippen molar-refractivity contribution in [2.75, 3.05) is 30.0 Å². The van der Waals surface area contributed by atoms with Gasteiger partial charge >= 0.3 is 0 Å². The van der Waals surface area contributed by atoms with Crippen LogP contribution in [0.15, 0.2) is 30.6 Å². The fraction of sp³-hybridized carbons (Fsp3) is 0.333. The van der Waals surface area contributed by atoms with Gasteiger partial charge < -0.3 is 14.5 Å². The summed E-state index contributed by atoms with van der Waals surface area (Å²) >= 11 is 0. The van der Waals surface area contributed by atoms with Crippen LogP contribution in [-0.4, -0.2) is 31.1 Å². The van der Waals surface area contributed by atoms with Crippen molar-refractivity contribution in [1.29, 1.82) is 0 Å². The van der Waals surface area contributed by atoms with Gasteiger partial charge in [0.1, 0.15) is 11.6 Å². The van der Waals surface area contributed by atoms with Gasteiger partial charge in [0.05, 0.1) is 24.4 Å². The molecule has 0 bridgehead atoms. The van der Waals surface area contributed by atoms with E-state index in [0.717, 1.165) is 18.5 Å². The van der Waals surface area contributed by atoms with E-state index in [-0.39, 0.29) is 18.3 Å². The Morgan fingerprint density at radius 3 is 2.96 bits per heavy atom. The van der Waals surface area contributed by atoms with Crippen molar-refractivity contribution in [3.05, 3.63) is 47.5 Å². The van der Waals surface area contributed by atoms with E-state index in [4.69, 9.17) is 4.74 Å². The van der Waals surface area contributed by atoms with E-state index in [1.807, 2.05) is 17.2 Å². The first-order valence-electron chi connectivity index (χ1n) is 8.03. The van der Waals surface area contributed by atoms with Gasteiger partial charge in [0.25, 0.3) is 0 Å². The molecule has 0 radical (unpaired) electrons. The van der Waals surface area contributed by atoms with Crippen LogP contribution >= 0.6 is 0 Å². The summed E-state index contributed by atoms with van der Waals surface area (Å²) in [5, 5.41) is 0. The number of rotatable bonds is 1. The summed E-state index contributed by atoms with van der Waals surface area (Å²) in [5.74, 6) is 0.0620. The van der Waals surface area contributed by atoms with Crippen molar-refractivity contribution in [3.63, 3.8) is 0 Å². The number of benzene rings is 1. The summed E-state index contributed by atoms with van der Waals surface area (Å²) in [4.78, 5) is 19.7. The highest BCUT2D eigenvalue weighted by atomic mass is 19.1. The lowest BCUT2D eigenvalue weighted by Gasteiger charge is -2.31. The summed E-state index contributed by atoms with van der Waals surface area (Å²) in [6.45, 7) is 1.61. The van der Waals surface area contributed by atoms with Crippen LogP contribution in [0.2, 0.25) is 0 Å². The van der Waals surface area contributed by atoms with Crippen LogP contribution in [0.25, 0.3) is 0 Å². The molecule has 0 fully saturated rings. The van der Waals surface area contributed by atoms with Gasteiger partial charge in [-0.25, -0.2) is 4.39 Å². The number of hydrogen-bond acceptors (Lipinski definition) is 4. The van der Waals surface area contributed by atoms with E-state index in [9.17, 15) is 9.18 Å². The number of nitrogens with zero attached hydrogens (tertiary/aromatic N) is 3. The minimum Gasteiger partial charge on any atom is -0.491 e. The lowest BCUT2D eigenvalue weighted by atomic mass is 10.0. The molecule has 0 atom stereocenters.